The van der Waals surface area contributed by atoms with Gasteiger partial charge in [0.15, 0.2) is 0 Å². The van der Waals surface area contributed by atoms with Crippen LogP contribution in [-0.4, -0.2) is 30.6 Å². The Morgan fingerprint density at radius 3 is 2.59 bits per heavy atom. The summed E-state index contributed by atoms with van der Waals surface area (Å²) < 4.78 is 0. The molecule has 0 amide bonds. The monoisotopic (exact) mass is 232 g/mol. The van der Waals surface area contributed by atoms with Gasteiger partial charge in [-0.1, -0.05) is 38.1 Å². The van der Waals surface area contributed by atoms with E-state index in [1.54, 1.807) is 0 Å². The van der Waals surface area contributed by atoms with Gasteiger partial charge in [0.25, 0.3) is 0 Å². The Morgan fingerprint density at radius 2 is 2.00 bits per heavy atom. The molecule has 94 valence electrons. The second kappa shape index (κ2) is 5.65. The topological polar surface area (TPSA) is 15.3 Å². The fourth-order valence-electron chi connectivity index (χ4n) is 2.42. The minimum atomic E-state index is 0.624. The molecule has 1 fully saturated rings. The average molecular weight is 232 g/mol. The van der Waals surface area contributed by atoms with Crippen LogP contribution in [0.3, 0.4) is 0 Å². The fraction of sp³-hybridized carbons (Fsp3) is 0.600. The number of hydrogen-bond acceptors (Lipinski definition) is 2. The van der Waals surface area contributed by atoms with E-state index in [1.807, 2.05) is 0 Å². The third-order valence-corrected chi connectivity index (χ3v) is 3.51. The summed E-state index contributed by atoms with van der Waals surface area (Å²) in [6, 6.07) is 9.72. The Hall–Kier alpha value is -0.860. The van der Waals surface area contributed by atoms with Crippen LogP contribution in [0.4, 0.5) is 0 Å². The molecule has 1 saturated heterocycles. The molecule has 1 aromatic carbocycles. The van der Waals surface area contributed by atoms with E-state index in [-0.39, 0.29) is 0 Å². The summed E-state index contributed by atoms with van der Waals surface area (Å²) in [5, 5.41) is 3.48. The predicted octanol–water partition coefficient (Wildman–Crippen LogP) is 2.60. The van der Waals surface area contributed by atoms with Crippen LogP contribution in [0.1, 0.15) is 37.8 Å². The first-order valence-corrected chi connectivity index (χ1v) is 6.69. The van der Waals surface area contributed by atoms with Gasteiger partial charge in [0.1, 0.15) is 0 Å². The molecule has 1 aliphatic rings. The van der Waals surface area contributed by atoms with Gasteiger partial charge in [-0.25, -0.2) is 0 Å². The maximum atomic E-state index is 3.48. The maximum Gasteiger partial charge on any atom is 0.0234 e. The van der Waals surface area contributed by atoms with Gasteiger partial charge in [-0.2, -0.15) is 0 Å². The van der Waals surface area contributed by atoms with Crippen molar-refractivity contribution in [2.75, 3.05) is 19.6 Å². The zero-order valence-corrected chi connectivity index (χ0v) is 11.2. The molecule has 1 N–H and O–H groups in total. The van der Waals surface area contributed by atoms with E-state index in [2.05, 4.69) is 55.3 Å². The van der Waals surface area contributed by atoms with Gasteiger partial charge in [0, 0.05) is 32.2 Å². The van der Waals surface area contributed by atoms with Crippen LogP contribution >= 0.6 is 0 Å². The quantitative estimate of drug-likeness (QED) is 0.862. The Kier molecular flexibility index (Phi) is 4.19. The Bertz CT molecular complexity index is 342. The molecule has 0 spiro atoms. The lowest BCUT2D eigenvalue weighted by Crippen LogP contribution is -2.48. The van der Waals surface area contributed by atoms with Crippen molar-refractivity contribution in [1.29, 1.82) is 0 Å². The normalized spacial score (nSPS) is 22.0. The van der Waals surface area contributed by atoms with E-state index >= 15 is 0 Å². The highest BCUT2D eigenvalue weighted by Gasteiger charge is 2.15. The molecule has 0 aromatic heterocycles. The Balaban J connectivity index is 1.94. The summed E-state index contributed by atoms with van der Waals surface area (Å²) in [5.41, 5.74) is 2.87. The van der Waals surface area contributed by atoms with E-state index in [1.165, 1.54) is 11.1 Å². The summed E-state index contributed by atoms with van der Waals surface area (Å²) in [6.07, 6.45) is 0. The molecule has 0 saturated carbocycles. The van der Waals surface area contributed by atoms with Crippen LogP contribution < -0.4 is 5.32 Å². The third-order valence-electron chi connectivity index (χ3n) is 3.51. The largest absolute Gasteiger partial charge is 0.312 e. The Morgan fingerprint density at radius 1 is 1.29 bits per heavy atom. The zero-order chi connectivity index (χ0) is 12.3. The van der Waals surface area contributed by atoms with Crippen LogP contribution in [0.25, 0.3) is 0 Å². The van der Waals surface area contributed by atoms with Crippen LogP contribution in [0.2, 0.25) is 0 Å². The molecular formula is C15H24N2. The first-order chi connectivity index (χ1) is 8.15. The molecule has 2 heteroatoms. The molecule has 1 atom stereocenters. The molecule has 17 heavy (non-hydrogen) atoms. The van der Waals surface area contributed by atoms with Gasteiger partial charge < -0.3 is 5.32 Å². The van der Waals surface area contributed by atoms with E-state index in [4.69, 9.17) is 0 Å². The molecule has 0 aliphatic carbocycles. The fourth-order valence-corrected chi connectivity index (χ4v) is 2.42. The first kappa shape index (κ1) is 12.6. The van der Waals surface area contributed by atoms with Crippen molar-refractivity contribution in [2.45, 2.75) is 39.3 Å². The summed E-state index contributed by atoms with van der Waals surface area (Å²) in [7, 11) is 0. The highest BCUT2D eigenvalue weighted by Crippen LogP contribution is 2.16. The van der Waals surface area contributed by atoms with Crippen LogP contribution in [-0.2, 0) is 6.54 Å². The third kappa shape index (κ3) is 3.55. The number of benzene rings is 1. The summed E-state index contributed by atoms with van der Waals surface area (Å²) in [5.74, 6) is 0.628. The van der Waals surface area contributed by atoms with Crippen molar-refractivity contribution >= 4 is 0 Å². The molecule has 2 rings (SSSR count). The lowest BCUT2D eigenvalue weighted by Gasteiger charge is -2.31. The van der Waals surface area contributed by atoms with Crippen LogP contribution in [0.15, 0.2) is 24.3 Å². The summed E-state index contributed by atoms with van der Waals surface area (Å²) >= 11 is 0. The predicted molar refractivity (Wildman–Crippen MR) is 73.3 cm³/mol. The van der Waals surface area contributed by atoms with Gasteiger partial charge in [0.2, 0.25) is 0 Å². The van der Waals surface area contributed by atoms with Crippen LogP contribution in [0, 0.1) is 0 Å². The van der Waals surface area contributed by atoms with Crippen molar-refractivity contribution in [3.8, 4) is 0 Å². The molecule has 1 heterocycles. The van der Waals surface area contributed by atoms with Crippen molar-refractivity contribution < 1.29 is 0 Å². The van der Waals surface area contributed by atoms with E-state index in [0.29, 0.717) is 12.0 Å². The molecule has 2 nitrogen and oxygen atoms in total. The van der Waals surface area contributed by atoms with Crippen molar-refractivity contribution in [3.63, 3.8) is 0 Å². The maximum absolute atomic E-state index is 3.48. The van der Waals surface area contributed by atoms with Crippen molar-refractivity contribution in [3.05, 3.63) is 35.4 Å². The number of piperazine rings is 1. The molecule has 0 radical (unpaired) electrons. The Labute approximate surface area is 105 Å². The van der Waals surface area contributed by atoms with Crippen LogP contribution in [0.5, 0.6) is 0 Å². The number of rotatable bonds is 3. The first-order valence-electron chi connectivity index (χ1n) is 6.69. The highest BCUT2D eigenvalue weighted by molar-refractivity contribution is 5.24. The van der Waals surface area contributed by atoms with E-state index < -0.39 is 0 Å². The molecule has 1 aromatic rings. The highest BCUT2D eigenvalue weighted by atomic mass is 15.2. The molecule has 0 unspecified atom stereocenters. The summed E-state index contributed by atoms with van der Waals surface area (Å²) in [6.45, 7) is 11.3. The molecule has 0 bridgehead atoms. The minimum absolute atomic E-state index is 0.624. The lowest BCUT2D eigenvalue weighted by molar-refractivity contribution is 0.199. The zero-order valence-electron chi connectivity index (χ0n) is 11.2. The van der Waals surface area contributed by atoms with Gasteiger partial charge in [0.05, 0.1) is 0 Å². The van der Waals surface area contributed by atoms with Gasteiger partial charge in [-0.3, -0.25) is 4.90 Å². The minimum Gasteiger partial charge on any atom is -0.312 e. The van der Waals surface area contributed by atoms with Crippen molar-refractivity contribution in [2.24, 2.45) is 0 Å². The summed E-state index contributed by atoms with van der Waals surface area (Å²) in [4.78, 5) is 2.53. The van der Waals surface area contributed by atoms with Gasteiger partial charge in [-0.15, -0.1) is 0 Å². The van der Waals surface area contributed by atoms with E-state index in [0.717, 1.165) is 26.2 Å². The average Bonchev–Trinajstić information content (AvgIpc) is 2.29. The van der Waals surface area contributed by atoms with Gasteiger partial charge >= 0.3 is 0 Å². The standard InChI is InChI=1S/C15H24N2/c1-12(2)15-6-4-14(5-7-15)11-17-9-8-16-13(3)10-17/h4-7,12-13,16H,8-11H2,1-3H3/t13-/m0/s1. The molecular weight excluding hydrogens is 208 g/mol. The number of hydrogen-bond donors (Lipinski definition) is 1. The SMILES string of the molecule is CC(C)c1ccc(CN2CCN[C@@H](C)C2)cc1. The van der Waals surface area contributed by atoms with E-state index in [9.17, 15) is 0 Å². The van der Waals surface area contributed by atoms with Crippen molar-refractivity contribution in [1.82, 2.24) is 10.2 Å². The smallest absolute Gasteiger partial charge is 0.0234 e. The second-order valence-electron chi connectivity index (χ2n) is 5.49. The number of nitrogens with zero attached hydrogens (tertiary/aromatic N) is 1. The number of nitrogens with one attached hydrogen (secondary N) is 1. The molecule has 1 aliphatic heterocycles. The lowest BCUT2D eigenvalue weighted by atomic mass is 10.0. The van der Waals surface area contributed by atoms with Gasteiger partial charge in [-0.05, 0) is 24.0 Å². The second-order valence-corrected chi connectivity index (χ2v) is 5.49.